The predicted molar refractivity (Wildman–Crippen MR) is 124 cm³/mol. The highest BCUT2D eigenvalue weighted by Crippen LogP contribution is 2.35. The van der Waals surface area contributed by atoms with Crippen molar-refractivity contribution in [2.75, 3.05) is 9.80 Å². The van der Waals surface area contributed by atoms with E-state index >= 15 is 0 Å². The number of benzene rings is 2. The number of carbonyl (C=O) groups is 2. The highest BCUT2D eigenvalue weighted by Gasteiger charge is 2.36. The summed E-state index contributed by atoms with van der Waals surface area (Å²) in [5.74, 6) is 0. The Morgan fingerprint density at radius 1 is 0.600 bits per heavy atom. The number of nitrogens with zero attached hydrogens (tertiary/aromatic N) is 2. The Bertz CT molecular complexity index is 873. The zero-order valence-corrected chi connectivity index (χ0v) is 19.2. The lowest BCUT2D eigenvalue weighted by molar-refractivity contribution is -0.110. The fourth-order valence-corrected chi connectivity index (χ4v) is 4.81. The SMILES string of the molecule is Cc1cc(C)c(N(C=O)[C@@H]2CCCC[C@H]2N(C=O)c2cc(C)c(C)cc2C)cc1C. The summed E-state index contributed by atoms with van der Waals surface area (Å²) in [4.78, 5) is 28.4. The summed E-state index contributed by atoms with van der Waals surface area (Å²) >= 11 is 0. The van der Waals surface area contributed by atoms with Crippen molar-refractivity contribution in [1.82, 2.24) is 0 Å². The minimum atomic E-state index is -0.0386. The third kappa shape index (κ3) is 4.14. The van der Waals surface area contributed by atoms with Gasteiger partial charge in [-0.1, -0.05) is 25.0 Å². The Morgan fingerprint density at radius 2 is 0.933 bits per heavy atom. The summed E-state index contributed by atoms with van der Waals surface area (Å²) < 4.78 is 0. The molecule has 0 unspecified atom stereocenters. The van der Waals surface area contributed by atoms with Crippen molar-refractivity contribution >= 4 is 24.2 Å². The van der Waals surface area contributed by atoms with Gasteiger partial charge in [-0.25, -0.2) is 0 Å². The Hall–Kier alpha value is -2.62. The van der Waals surface area contributed by atoms with Crippen LogP contribution in [-0.4, -0.2) is 24.9 Å². The second-order valence-electron chi connectivity index (χ2n) is 8.89. The van der Waals surface area contributed by atoms with Gasteiger partial charge in [0, 0.05) is 11.4 Å². The average molecular weight is 407 g/mol. The molecule has 0 N–H and O–H groups in total. The molecule has 0 aliphatic heterocycles. The molecule has 30 heavy (non-hydrogen) atoms. The van der Waals surface area contributed by atoms with Crippen LogP contribution in [0.25, 0.3) is 0 Å². The molecule has 2 amide bonds. The molecule has 1 aliphatic rings. The minimum Gasteiger partial charge on any atom is -0.310 e. The maximum atomic E-state index is 12.3. The second kappa shape index (κ2) is 9.03. The van der Waals surface area contributed by atoms with Crippen molar-refractivity contribution in [2.45, 2.75) is 79.3 Å². The Morgan fingerprint density at radius 3 is 1.27 bits per heavy atom. The van der Waals surface area contributed by atoms with Crippen LogP contribution < -0.4 is 9.80 Å². The molecule has 0 radical (unpaired) electrons. The average Bonchev–Trinajstić information content (AvgIpc) is 2.71. The van der Waals surface area contributed by atoms with Crippen molar-refractivity contribution in [1.29, 1.82) is 0 Å². The Kier molecular flexibility index (Phi) is 6.64. The number of rotatable bonds is 6. The highest BCUT2D eigenvalue weighted by molar-refractivity contribution is 5.82. The topological polar surface area (TPSA) is 40.6 Å². The van der Waals surface area contributed by atoms with E-state index in [0.717, 1.165) is 61.0 Å². The Balaban J connectivity index is 2.05. The fourth-order valence-electron chi connectivity index (χ4n) is 4.81. The zero-order chi connectivity index (χ0) is 22.0. The molecule has 160 valence electrons. The van der Waals surface area contributed by atoms with Crippen LogP contribution in [0.4, 0.5) is 11.4 Å². The molecule has 0 aromatic heterocycles. The van der Waals surface area contributed by atoms with Crippen LogP contribution in [0.15, 0.2) is 24.3 Å². The molecule has 2 aromatic rings. The number of aryl methyl sites for hydroxylation is 6. The number of anilines is 2. The molecule has 0 bridgehead atoms. The number of hydrogen-bond donors (Lipinski definition) is 0. The van der Waals surface area contributed by atoms with Crippen molar-refractivity contribution in [3.05, 3.63) is 57.6 Å². The molecular formula is C26H34N2O2. The molecule has 1 fully saturated rings. The lowest BCUT2D eigenvalue weighted by Crippen LogP contribution is -2.53. The van der Waals surface area contributed by atoms with Crippen LogP contribution >= 0.6 is 0 Å². The van der Waals surface area contributed by atoms with Gasteiger partial charge in [-0.2, -0.15) is 0 Å². The summed E-state index contributed by atoms with van der Waals surface area (Å²) in [5, 5.41) is 0. The van der Waals surface area contributed by atoms with E-state index in [1.165, 1.54) is 22.3 Å². The predicted octanol–water partition coefficient (Wildman–Crippen LogP) is 5.47. The second-order valence-corrected chi connectivity index (χ2v) is 8.89. The maximum absolute atomic E-state index is 12.3. The normalized spacial score (nSPS) is 18.7. The molecule has 1 saturated carbocycles. The van der Waals surface area contributed by atoms with Gasteiger partial charge in [-0.3, -0.25) is 9.59 Å². The molecule has 0 heterocycles. The van der Waals surface area contributed by atoms with Gasteiger partial charge in [-0.15, -0.1) is 0 Å². The molecule has 0 spiro atoms. The fraction of sp³-hybridized carbons (Fsp3) is 0.462. The molecule has 3 rings (SSSR count). The molecule has 4 heteroatoms. The van der Waals surface area contributed by atoms with Gasteiger partial charge in [0.2, 0.25) is 12.8 Å². The van der Waals surface area contributed by atoms with Gasteiger partial charge in [0.15, 0.2) is 0 Å². The van der Waals surface area contributed by atoms with Crippen molar-refractivity contribution in [3.63, 3.8) is 0 Å². The van der Waals surface area contributed by atoms with E-state index in [4.69, 9.17) is 0 Å². The molecular weight excluding hydrogens is 372 g/mol. The van der Waals surface area contributed by atoms with Crippen LogP contribution in [0.3, 0.4) is 0 Å². The smallest absolute Gasteiger partial charge is 0.214 e. The van der Waals surface area contributed by atoms with Crippen LogP contribution in [0.1, 0.15) is 59.1 Å². The van der Waals surface area contributed by atoms with Gasteiger partial charge in [0.05, 0.1) is 12.1 Å². The summed E-state index contributed by atoms with van der Waals surface area (Å²) in [5.41, 5.74) is 8.88. The minimum absolute atomic E-state index is 0.0386. The monoisotopic (exact) mass is 406 g/mol. The number of amides is 2. The van der Waals surface area contributed by atoms with Gasteiger partial charge >= 0.3 is 0 Å². The lowest BCUT2D eigenvalue weighted by Gasteiger charge is -2.43. The first-order chi connectivity index (χ1) is 14.3. The molecule has 1 aliphatic carbocycles. The summed E-state index contributed by atoms with van der Waals surface area (Å²) in [6, 6.07) is 8.43. The molecule has 0 saturated heterocycles. The molecule has 4 nitrogen and oxygen atoms in total. The Labute approximate surface area is 180 Å². The first-order valence-corrected chi connectivity index (χ1v) is 10.9. The largest absolute Gasteiger partial charge is 0.310 e. The van der Waals surface area contributed by atoms with E-state index in [9.17, 15) is 9.59 Å². The van der Waals surface area contributed by atoms with E-state index < -0.39 is 0 Å². The van der Waals surface area contributed by atoms with Gasteiger partial charge in [-0.05, 0) is 99.9 Å². The maximum Gasteiger partial charge on any atom is 0.214 e. The third-order valence-electron chi connectivity index (χ3n) is 6.82. The van der Waals surface area contributed by atoms with Crippen molar-refractivity contribution in [3.8, 4) is 0 Å². The summed E-state index contributed by atoms with van der Waals surface area (Å²) in [6.07, 6.45) is 5.82. The van der Waals surface area contributed by atoms with Crippen LogP contribution in [0.2, 0.25) is 0 Å². The first kappa shape index (κ1) is 22.1. The van der Waals surface area contributed by atoms with Crippen molar-refractivity contribution in [2.24, 2.45) is 0 Å². The van der Waals surface area contributed by atoms with Gasteiger partial charge in [0.25, 0.3) is 0 Å². The van der Waals surface area contributed by atoms with Crippen LogP contribution in [-0.2, 0) is 9.59 Å². The third-order valence-corrected chi connectivity index (χ3v) is 6.82. The quantitative estimate of drug-likeness (QED) is 0.597. The number of hydrogen-bond acceptors (Lipinski definition) is 2. The zero-order valence-electron chi connectivity index (χ0n) is 19.2. The summed E-state index contributed by atoms with van der Waals surface area (Å²) in [6.45, 7) is 12.5. The first-order valence-electron chi connectivity index (χ1n) is 10.9. The van der Waals surface area contributed by atoms with E-state index in [2.05, 4.69) is 65.8 Å². The van der Waals surface area contributed by atoms with E-state index in [0.29, 0.717) is 0 Å². The van der Waals surface area contributed by atoms with Crippen LogP contribution in [0.5, 0.6) is 0 Å². The van der Waals surface area contributed by atoms with E-state index in [1.54, 1.807) is 0 Å². The molecule has 2 atom stereocenters. The lowest BCUT2D eigenvalue weighted by atomic mass is 9.87. The number of carbonyl (C=O) groups excluding carboxylic acids is 2. The van der Waals surface area contributed by atoms with Gasteiger partial charge < -0.3 is 9.80 Å². The van der Waals surface area contributed by atoms with Gasteiger partial charge in [0.1, 0.15) is 0 Å². The summed E-state index contributed by atoms with van der Waals surface area (Å²) in [7, 11) is 0. The van der Waals surface area contributed by atoms with E-state index in [-0.39, 0.29) is 12.1 Å². The standard InChI is InChI=1S/C26H34N2O2/c1-17-11-21(5)25(13-19(17)3)27(15-29)23-9-7-8-10-24(23)28(16-30)26-14-20(4)18(2)12-22(26)6/h11-16,23-24H,7-10H2,1-6H3/t23-,24-/m1/s1. The van der Waals surface area contributed by atoms with E-state index in [1.807, 2.05) is 9.80 Å². The highest BCUT2D eigenvalue weighted by atomic mass is 16.1. The molecule has 2 aromatic carbocycles. The van der Waals surface area contributed by atoms with Crippen LogP contribution in [0, 0.1) is 41.5 Å². The van der Waals surface area contributed by atoms with Crippen molar-refractivity contribution < 1.29 is 9.59 Å².